The van der Waals surface area contributed by atoms with Crippen LogP contribution in [0.2, 0.25) is 0 Å². The number of pyridine rings is 1. The number of likely N-dealkylation sites (tertiary alicyclic amines) is 1. The highest BCUT2D eigenvalue weighted by atomic mass is 32.2. The van der Waals surface area contributed by atoms with Crippen LogP contribution in [0.25, 0.3) is 0 Å². The fraction of sp³-hybridized carbons (Fsp3) is 0.414. The second-order valence-electron chi connectivity index (χ2n) is 10.8. The monoisotopic (exact) mass is 555 g/mol. The summed E-state index contributed by atoms with van der Waals surface area (Å²) in [4.78, 5) is 14.6. The fourth-order valence-electron chi connectivity index (χ4n) is 6.22. The van der Waals surface area contributed by atoms with Crippen molar-refractivity contribution < 1.29 is 21.9 Å². The average molecular weight is 556 g/mol. The van der Waals surface area contributed by atoms with Crippen LogP contribution >= 0.6 is 0 Å². The largest absolute Gasteiger partial charge is 0.365 e. The standard InChI is InChI=1S/C29H31F2N3O4S/c1-32-18-23-19-38-29(24(23)16-27(32)35)9-12-33(13-10-29)17-20-3-5-21(6-4-20)28(34-11-2-14-39(34,36)37)22-7-8-25(30)26(31)15-22/h3-8,15-16,18,28H,2,9-14,17,19H2,1H3. The zero-order valence-corrected chi connectivity index (χ0v) is 22.6. The van der Waals surface area contributed by atoms with E-state index in [-0.39, 0.29) is 11.3 Å². The van der Waals surface area contributed by atoms with Crippen molar-refractivity contribution in [1.29, 1.82) is 0 Å². The van der Waals surface area contributed by atoms with Crippen molar-refractivity contribution in [2.24, 2.45) is 7.05 Å². The molecule has 2 saturated heterocycles. The first-order valence-electron chi connectivity index (χ1n) is 13.2. The Labute approximate surface area is 226 Å². The second kappa shape index (κ2) is 9.92. The Bertz CT molecular complexity index is 1560. The highest BCUT2D eigenvalue weighted by Crippen LogP contribution is 2.43. The molecule has 0 aliphatic carbocycles. The summed E-state index contributed by atoms with van der Waals surface area (Å²) in [6.45, 7) is 3.22. The van der Waals surface area contributed by atoms with Crippen LogP contribution in [0.3, 0.4) is 0 Å². The molecule has 0 bridgehead atoms. The maximum Gasteiger partial charge on any atom is 0.250 e. The Hall–Kier alpha value is -2.92. The third-order valence-corrected chi connectivity index (χ3v) is 10.3. The Morgan fingerprint density at radius 3 is 2.36 bits per heavy atom. The van der Waals surface area contributed by atoms with Crippen LogP contribution in [0.4, 0.5) is 8.78 Å². The number of nitrogens with zero attached hydrogens (tertiary/aromatic N) is 3. The van der Waals surface area contributed by atoms with Crippen molar-refractivity contribution in [3.63, 3.8) is 0 Å². The highest BCUT2D eigenvalue weighted by molar-refractivity contribution is 7.89. The highest BCUT2D eigenvalue weighted by Gasteiger charge is 2.43. The fourth-order valence-corrected chi connectivity index (χ4v) is 7.92. The molecule has 0 saturated carbocycles. The first-order valence-corrected chi connectivity index (χ1v) is 14.9. The number of sulfonamides is 1. The summed E-state index contributed by atoms with van der Waals surface area (Å²) in [5.74, 6) is -1.91. The molecule has 2 aromatic carbocycles. The van der Waals surface area contributed by atoms with Gasteiger partial charge >= 0.3 is 0 Å². The zero-order valence-electron chi connectivity index (χ0n) is 21.8. The molecule has 3 aliphatic rings. The number of hydrogen-bond donors (Lipinski definition) is 0. The molecular weight excluding hydrogens is 524 g/mol. The number of benzene rings is 2. The number of hydrogen-bond acceptors (Lipinski definition) is 5. The SMILES string of the molecule is Cn1cc2c(cc1=O)C1(CCN(Cc3ccc(C(c4ccc(F)c(F)c4)N4CCCS4(=O)=O)cc3)CC1)OC2. The van der Waals surface area contributed by atoms with E-state index in [1.165, 1.54) is 10.4 Å². The van der Waals surface area contributed by atoms with Crippen LogP contribution in [0, 0.1) is 11.6 Å². The van der Waals surface area contributed by atoms with Crippen LogP contribution in [0.5, 0.6) is 0 Å². The van der Waals surface area contributed by atoms with Gasteiger partial charge in [0.05, 0.1) is 24.0 Å². The molecule has 1 atom stereocenters. The van der Waals surface area contributed by atoms with Gasteiger partial charge in [0.2, 0.25) is 10.0 Å². The van der Waals surface area contributed by atoms with E-state index in [0.29, 0.717) is 30.7 Å². The van der Waals surface area contributed by atoms with E-state index < -0.39 is 33.3 Å². The molecule has 3 aliphatic heterocycles. The number of piperidine rings is 1. The number of ether oxygens (including phenoxy) is 1. The number of aryl methyl sites for hydroxylation is 1. The van der Waals surface area contributed by atoms with Crippen LogP contribution in [-0.2, 0) is 40.6 Å². The molecule has 3 aromatic rings. The van der Waals surface area contributed by atoms with Crippen molar-refractivity contribution >= 4 is 10.0 Å². The third-order valence-electron chi connectivity index (χ3n) is 8.36. The van der Waals surface area contributed by atoms with Crippen LogP contribution < -0.4 is 5.56 Å². The van der Waals surface area contributed by atoms with Gasteiger partial charge in [-0.1, -0.05) is 30.3 Å². The normalized spacial score (nSPS) is 21.3. The Morgan fingerprint density at radius 1 is 0.974 bits per heavy atom. The van der Waals surface area contributed by atoms with E-state index in [9.17, 15) is 22.0 Å². The smallest absolute Gasteiger partial charge is 0.250 e. The Kier molecular flexibility index (Phi) is 6.69. The minimum absolute atomic E-state index is 0.0236. The van der Waals surface area contributed by atoms with Gasteiger partial charge in [-0.2, -0.15) is 4.31 Å². The minimum Gasteiger partial charge on any atom is -0.365 e. The lowest BCUT2D eigenvalue weighted by Crippen LogP contribution is -2.42. The van der Waals surface area contributed by atoms with Gasteiger partial charge in [-0.25, -0.2) is 17.2 Å². The Balaban J connectivity index is 1.18. The average Bonchev–Trinajstić information content (AvgIpc) is 3.43. The summed E-state index contributed by atoms with van der Waals surface area (Å²) >= 11 is 0. The number of rotatable bonds is 5. The van der Waals surface area contributed by atoms with E-state index in [2.05, 4.69) is 4.90 Å². The molecule has 7 nitrogen and oxygen atoms in total. The molecule has 2 fully saturated rings. The summed E-state index contributed by atoms with van der Waals surface area (Å²) in [6.07, 6.45) is 3.98. The number of halogens is 2. The molecule has 0 N–H and O–H groups in total. The van der Waals surface area contributed by atoms with Gasteiger partial charge < -0.3 is 9.30 Å². The second-order valence-corrected chi connectivity index (χ2v) is 12.9. The van der Waals surface area contributed by atoms with E-state index in [0.717, 1.165) is 61.3 Å². The van der Waals surface area contributed by atoms with Gasteiger partial charge in [0.15, 0.2) is 11.6 Å². The van der Waals surface area contributed by atoms with Gasteiger partial charge in [0.1, 0.15) is 0 Å². The summed E-state index contributed by atoms with van der Waals surface area (Å²) in [5, 5.41) is 0. The molecule has 6 rings (SSSR count). The van der Waals surface area contributed by atoms with Crippen molar-refractivity contribution in [2.75, 3.05) is 25.4 Å². The lowest BCUT2D eigenvalue weighted by molar-refractivity contribution is -0.0799. The quantitative estimate of drug-likeness (QED) is 0.479. The molecule has 10 heteroatoms. The third kappa shape index (κ3) is 4.84. The molecule has 4 heterocycles. The van der Waals surface area contributed by atoms with Crippen LogP contribution in [0.1, 0.15) is 53.1 Å². The Morgan fingerprint density at radius 2 is 1.69 bits per heavy atom. The lowest BCUT2D eigenvalue weighted by Gasteiger charge is -2.39. The van der Waals surface area contributed by atoms with Crippen molar-refractivity contribution in [2.45, 2.75) is 44.1 Å². The van der Waals surface area contributed by atoms with Crippen molar-refractivity contribution in [3.05, 3.63) is 105 Å². The van der Waals surface area contributed by atoms with Gasteiger partial charge in [-0.3, -0.25) is 9.69 Å². The molecule has 206 valence electrons. The maximum absolute atomic E-state index is 14.1. The molecule has 1 unspecified atom stereocenters. The van der Waals surface area contributed by atoms with E-state index in [1.807, 2.05) is 30.5 Å². The molecule has 0 radical (unpaired) electrons. The van der Waals surface area contributed by atoms with Gasteiger partial charge in [0.25, 0.3) is 5.56 Å². The van der Waals surface area contributed by atoms with Crippen molar-refractivity contribution in [1.82, 2.24) is 13.8 Å². The van der Waals surface area contributed by atoms with Gasteiger partial charge in [-0.15, -0.1) is 0 Å². The number of fused-ring (bicyclic) bond motifs is 2. The van der Waals surface area contributed by atoms with Crippen molar-refractivity contribution in [3.8, 4) is 0 Å². The summed E-state index contributed by atoms with van der Waals surface area (Å²) in [5.41, 5.74) is 3.87. The summed E-state index contributed by atoms with van der Waals surface area (Å²) < 4.78 is 62.5. The molecule has 0 amide bonds. The zero-order chi connectivity index (χ0) is 27.4. The number of aromatic nitrogens is 1. The van der Waals surface area contributed by atoms with Crippen LogP contribution in [0.15, 0.2) is 59.5 Å². The minimum atomic E-state index is -3.50. The maximum atomic E-state index is 14.1. The lowest BCUT2D eigenvalue weighted by atomic mass is 9.84. The summed E-state index contributed by atoms with van der Waals surface area (Å²) in [7, 11) is -1.74. The first-order chi connectivity index (χ1) is 18.6. The van der Waals surface area contributed by atoms with Crippen LogP contribution in [-0.4, -0.2) is 47.6 Å². The first kappa shape index (κ1) is 26.3. The van der Waals surface area contributed by atoms with E-state index in [1.54, 1.807) is 17.7 Å². The van der Waals surface area contributed by atoms with Gasteiger partial charge in [0, 0.05) is 51.1 Å². The predicted molar refractivity (Wildman–Crippen MR) is 142 cm³/mol. The molecule has 1 spiro atoms. The topological polar surface area (TPSA) is 71.9 Å². The molecular formula is C29H31F2N3O4S. The molecule has 1 aromatic heterocycles. The molecule has 39 heavy (non-hydrogen) atoms. The summed E-state index contributed by atoms with van der Waals surface area (Å²) in [6, 6.07) is 12.3. The van der Waals surface area contributed by atoms with Gasteiger partial charge in [-0.05, 0) is 53.6 Å². The van der Waals surface area contributed by atoms with E-state index in [4.69, 9.17) is 4.74 Å². The predicted octanol–water partition coefficient (Wildman–Crippen LogP) is 3.81. The van der Waals surface area contributed by atoms with E-state index >= 15 is 0 Å².